The molecule has 0 saturated carbocycles. The van der Waals surface area contributed by atoms with E-state index < -0.39 is 0 Å². The number of ether oxygens (including phenoxy) is 1. The highest BCUT2D eigenvalue weighted by Crippen LogP contribution is 2.11. The fourth-order valence-electron chi connectivity index (χ4n) is 1.47. The van der Waals surface area contributed by atoms with Crippen LogP contribution >= 0.6 is 0 Å². The third-order valence-corrected chi connectivity index (χ3v) is 2.34. The third kappa shape index (κ3) is 4.33. The minimum atomic E-state index is -0.344. The first-order valence-corrected chi connectivity index (χ1v) is 5.36. The number of hydrogen-bond acceptors (Lipinski definition) is 3. The number of hydrogen-bond donors (Lipinski definition) is 1. The summed E-state index contributed by atoms with van der Waals surface area (Å²) >= 11 is 0. The molecule has 0 aromatic carbocycles. The van der Waals surface area contributed by atoms with Crippen molar-refractivity contribution in [1.82, 2.24) is 4.98 Å². The Hall–Kier alpha value is -1.53. The zero-order chi connectivity index (χ0) is 11.8. The van der Waals surface area contributed by atoms with Crippen molar-refractivity contribution in [2.24, 2.45) is 0 Å². The second-order valence-corrected chi connectivity index (χ2v) is 3.66. The molecule has 16 heavy (non-hydrogen) atoms. The molecule has 1 aromatic rings. The van der Waals surface area contributed by atoms with E-state index in [-0.39, 0.29) is 6.10 Å². The average Bonchev–Trinajstić information content (AvgIpc) is 2.30. The van der Waals surface area contributed by atoms with Crippen LogP contribution in [-0.4, -0.2) is 23.3 Å². The molecule has 0 radical (unpaired) electrons. The summed E-state index contributed by atoms with van der Waals surface area (Å²) in [5.74, 6) is 3.15. The van der Waals surface area contributed by atoms with Gasteiger partial charge >= 0.3 is 0 Å². The zero-order valence-corrected chi connectivity index (χ0v) is 9.52. The molecule has 0 amide bonds. The van der Waals surface area contributed by atoms with Crippen LogP contribution in [0.25, 0.3) is 0 Å². The van der Waals surface area contributed by atoms with Gasteiger partial charge in [-0.3, -0.25) is 0 Å². The molecule has 3 nitrogen and oxygen atoms in total. The van der Waals surface area contributed by atoms with Crippen molar-refractivity contribution < 1.29 is 9.84 Å². The van der Waals surface area contributed by atoms with Crippen molar-refractivity contribution in [3.8, 4) is 18.2 Å². The van der Waals surface area contributed by atoms with E-state index in [1.165, 1.54) is 0 Å². The first kappa shape index (κ1) is 12.5. The van der Waals surface area contributed by atoms with Gasteiger partial charge in [-0.1, -0.05) is 6.07 Å². The molecule has 3 heteroatoms. The predicted molar refractivity (Wildman–Crippen MR) is 63.2 cm³/mol. The lowest BCUT2D eigenvalue weighted by molar-refractivity contribution is 0.162. The van der Waals surface area contributed by atoms with Gasteiger partial charge < -0.3 is 9.84 Å². The van der Waals surface area contributed by atoms with Crippen LogP contribution in [0.15, 0.2) is 18.3 Å². The molecule has 0 aliphatic rings. The van der Waals surface area contributed by atoms with Crippen molar-refractivity contribution in [3.63, 3.8) is 0 Å². The van der Waals surface area contributed by atoms with E-state index in [4.69, 9.17) is 11.2 Å². The maximum absolute atomic E-state index is 9.73. The van der Waals surface area contributed by atoms with Crippen molar-refractivity contribution in [1.29, 1.82) is 0 Å². The first-order chi connectivity index (χ1) is 7.76. The molecule has 0 spiro atoms. The molecule has 1 aromatic heterocycles. The number of aliphatic hydroxyl groups is 1. The van der Waals surface area contributed by atoms with Crippen molar-refractivity contribution in [2.45, 2.75) is 31.8 Å². The Morgan fingerprint density at radius 1 is 1.56 bits per heavy atom. The van der Waals surface area contributed by atoms with Gasteiger partial charge in [-0.25, -0.2) is 4.98 Å². The highest BCUT2D eigenvalue weighted by Gasteiger charge is 2.05. The number of aliphatic hydroxyl groups excluding tert-OH is 1. The van der Waals surface area contributed by atoms with Crippen LogP contribution in [-0.2, 0) is 6.42 Å². The van der Waals surface area contributed by atoms with E-state index in [0.717, 1.165) is 24.8 Å². The molecule has 0 bridgehead atoms. The number of terminal acetylenes is 1. The molecule has 1 unspecified atom stereocenters. The van der Waals surface area contributed by atoms with E-state index in [9.17, 15) is 5.11 Å². The number of nitrogens with zero attached hydrogens (tertiary/aromatic N) is 1. The maximum Gasteiger partial charge on any atom is 0.212 e. The smallest absolute Gasteiger partial charge is 0.212 e. The Kier molecular flexibility index (Phi) is 5.38. The van der Waals surface area contributed by atoms with Crippen LogP contribution in [0.4, 0.5) is 0 Å². The molecule has 1 rings (SSSR count). The van der Waals surface area contributed by atoms with Crippen molar-refractivity contribution >= 4 is 0 Å². The SMILES string of the molecule is C#CCCCC(O)Cc1ccc(OC)nc1. The van der Waals surface area contributed by atoms with E-state index in [1.54, 1.807) is 19.4 Å². The van der Waals surface area contributed by atoms with E-state index >= 15 is 0 Å². The monoisotopic (exact) mass is 219 g/mol. The minimum absolute atomic E-state index is 0.344. The number of methoxy groups -OCH3 is 1. The molecular formula is C13H17NO2. The van der Waals surface area contributed by atoms with Gasteiger partial charge in [0.1, 0.15) is 0 Å². The third-order valence-electron chi connectivity index (χ3n) is 2.34. The predicted octanol–water partition coefficient (Wildman–Crippen LogP) is 1.80. The van der Waals surface area contributed by atoms with E-state index in [0.29, 0.717) is 12.3 Å². The quantitative estimate of drug-likeness (QED) is 0.586. The molecule has 0 aliphatic carbocycles. The number of rotatable bonds is 6. The fourth-order valence-corrected chi connectivity index (χ4v) is 1.47. The van der Waals surface area contributed by atoms with Gasteiger partial charge in [-0.05, 0) is 24.8 Å². The number of aromatic nitrogens is 1. The van der Waals surface area contributed by atoms with Crippen LogP contribution < -0.4 is 4.74 Å². The summed E-state index contributed by atoms with van der Waals surface area (Å²) in [5, 5.41) is 9.73. The fraction of sp³-hybridized carbons (Fsp3) is 0.462. The molecule has 1 atom stereocenters. The average molecular weight is 219 g/mol. The topological polar surface area (TPSA) is 42.4 Å². The molecular weight excluding hydrogens is 202 g/mol. The standard InChI is InChI=1S/C13H17NO2/c1-3-4-5-6-12(15)9-11-7-8-13(16-2)14-10-11/h1,7-8,10,12,15H,4-6,9H2,2H3. The van der Waals surface area contributed by atoms with Gasteiger partial charge in [0.25, 0.3) is 0 Å². The molecule has 86 valence electrons. The van der Waals surface area contributed by atoms with E-state index in [1.807, 2.05) is 6.07 Å². The first-order valence-electron chi connectivity index (χ1n) is 5.36. The Balaban J connectivity index is 2.37. The summed E-state index contributed by atoms with van der Waals surface area (Å²) in [7, 11) is 1.58. The van der Waals surface area contributed by atoms with Gasteiger partial charge in [-0.15, -0.1) is 12.3 Å². The molecule has 0 fully saturated rings. The second-order valence-electron chi connectivity index (χ2n) is 3.66. The zero-order valence-electron chi connectivity index (χ0n) is 9.52. The Morgan fingerprint density at radius 2 is 2.38 bits per heavy atom. The highest BCUT2D eigenvalue weighted by molar-refractivity contribution is 5.18. The lowest BCUT2D eigenvalue weighted by Gasteiger charge is -2.09. The molecule has 0 aliphatic heterocycles. The van der Waals surface area contributed by atoms with Gasteiger partial charge in [0.2, 0.25) is 5.88 Å². The number of pyridine rings is 1. The Labute approximate surface area is 96.5 Å². The Morgan fingerprint density at radius 3 is 2.94 bits per heavy atom. The highest BCUT2D eigenvalue weighted by atomic mass is 16.5. The van der Waals surface area contributed by atoms with Crippen LogP contribution in [0, 0.1) is 12.3 Å². The van der Waals surface area contributed by atoms with Crippen LogP contribution in [0.3, 0.4) is 0 Å². The van der Waals surface area contributed by atoms with Crippen molar-refractivity contribution in [3.05, 3.63) is 23.9 Å². The van der Waals surface area contributed by atoms with Gasteiger partial charge in [-0.2, -0.15) is 0 Å². The van der Waals surface area contributed by atoms with Crippen LogP contribution in [0.2, 0.25) is 0 Å². The summed E-state index contributed by atoms with van der Waals surface area (Å²) in [6, 6.07) is 3.71. The van der Waals surface area contributed by atoms with Crippen LogP contribution in [0.5, 0.6) is 5.88 Å². The molecule has 0 saturated heterocycles. The minimum Gasteiger partial charge on any atom is -0.481 e. The summed E-state index contributed by atoms with van der Waals surface area (Å²) < 4.78 is 4.96. The maximum atomic E-state index is 9.73. The van der Waals surface area contributed by atoms with E-state index in [2.05, 4.69) is 10.9 Å². The molecule has 1 N–H and O–H groups in total. The van der Waals surface area contributed by atoms with Crippen molar-refractivity contribution in [2.75, 3.05) is 7.11 Å². The largest absolute Gasteiger partial charge is 0.481 e. The lowest BCUT2D eigenvalue weighted by atomic mass is 10.1. The van der Waals surface area contributed by atoms with Crippen LogP contribution in [0.1, 0.15) is 24.8 Å². The van der Waals surface area contributed by atoms with Gasteiger partial charge in [0.15, 0.2) is 0 Å². The summed E-state index contributed by atoms with van der Waals surface area (Å²) in [6.45, 7) is 0. The van der Waals surface area contributed by atoms with Gasteiger partial charge in [0.05, 0.1) is 13.2 Å². The summed E-state index contributed by atoms with van der Waals surface area (Å²) in [4.78, 5) is 4.08. The summed E-state index contributed by atoms with van der Waals surface area (Å²) in [6.07, 6.45) is 9.45. The van der Waals surface area contributed by atoms with Gasteiger partial charge in [0, 0.05) is 18.7 Å². The molecule has 1 heterocycles. The summed E-state index contributed by atoms with van der Waals surface area (Å²) in [5.41, 5.74) is 1.01. The normalized spacial score (nSPS) is 11.8. The number of unbranched alkanes of at least 4 members (excludes halogenated alkanes) is 1. The Bertz CT molecular complexity index is 340. The second kappa shape index (κ2) is 6.86. The lowest BCUT2D eigenvalue weighted by Crippen LogP contribution is -2.10.